The van der Waals surface area contributed by atoms with Crippen LogP contribution in [0.2, 0.25) is 0 Å². The van der Waals surface area contributed by atoms with Gasteiger partial charge in [-0.25, -0.2) is 14.4 Å². The molecule has 0 spiro atoms. The Morgan fingerprint density at radius 2 is 1.45 bits per heavy atom. The van der Waals surface area contributed by atoms with Crippen LogP contribution in [0.4, 0.5) is 22.8 Å². The quantitative estimate of drug-likeness (QED) is 0.0897. The summed E-state index contributed by atoms with van der Waals surface area (Å²) in [5.41, 5.74) is -0.0754. The van der Waals surface area contributed by atoms with E-state index in [-0.39, 0.29) is 71.3 Å². The number of aliphatic imine (C=N–C) groups is 1. The van der Waals surface area contributed by atoms with Crippen LogP contribution in [0.1, 0.15) is 72.4 Å². The van der Waals surface area contributed by atoms with Crippen LogP contribution in [-0.4, -0.2) is 108 Å². The molecule has 0 saturated carbocycles. The molecule has 1 heterocycles. The SMILES string of the molecule is CCOC(=O)[C@H](O)COc1ccc2c(c1)CN(C(=NC(=O)C(F)(F)F)N(CCCNC(=O)OC(C)(C)C)CCCNC(=O)OC(C)(C)C)C2. The minimum atomic E-state index is -5.24. The number of guanidine groups is 1. The van der Waals surface area contributed by atoms with Gasteiger partial charge in [-0.15, -0.1) is 0 Å². The Kier molecular flexibility index (Phi) is 15.0. The van der Waals surface area contributed by atoms with Gasteiger partial charge >= 0.3 is 30.2 Å². The zero-order chi connectivity index (χ0) is 37.0. The fourth-order valence-electron chi connectivity index (χ4n) is 4.44. The lowest BCUT2D eigenvalue weighted by Crippen LogP contribution is -2.45. The zero-order valence-corrected chi connectivity index (χ0v) is 29.1. The number of benzene rings is 1. The fraction of sp³-hybridized carbons (Fsp3) is 0.656. The Morgan fingerprint density at radius 1 is 0.918 bits per heavy atom. The summed E-state index contributed by atoms with van der Waals surface area (Å²) in [5, 5.41) is 15.2. The van der Waals surface area contributed by atoms with E-state index in [1.165, 1.54) is 9.80 Å². The zero-order valence-electron chi connectivity index (χ0n) is 29.1. The maximum atomic E-state index is 13.5. The molecule has 3 amide bonds. The Hall–Kier alpha value is -4.28. The molecular formula is C32H48F3N5O9. The van der Waals surface area contributed by atoms with Gasteiger partial charge in [0.1, 0.15) is 23.6 Å². The lowest BCUT2D eigenvalue weighted by molar-refractivity contribution is -0.169. The molecule has 0 saturated heterocycles. The first-order valence-corrected chi connectivity index (χ1v) is 15.9. The third kappa shape index (κ3) is 15.2. The van der Waals surface area contributed by atoms with Gasteiger partial charge in [0.15, 0.2) is 6.10 Å². The fourth-order valence-corrected chi connectivity index (χ4v) is 4.44. The predicted molar refractivity (Wildman–Crippen MR) is 172 cm³/mol. The number of rotatable bonds is 13. The third-order valence-corrected chi connectivity index (χ3v) is 6.42. The van der Waals surface area contributed by atoms with E-state index in [0.29, 0.717) is 11.3 Å². The molecule has 0 aliphatic carbocycles. The molecule has 0 unspecified atom stereocenters. The predicted octanol–water partition coefficient (Wildman–Crippen LogP) is 3.88. The highest BCUT2D eigenvalue weighted by Gasteiger charge is 2.40. The summed E-state index contributed by atoms with van der Waals surface area (Å²) in [6.07, 6.45) is -7.58. The van der Waals surface area contributed by atoms with Crippen molar-refractivity contribution in [3.8, 4) is 5.75 Å². The lowest BCUT2D eigenvalue weighted by Gasteiger charge is -2.32. The second-order valence-electron chi connectivity index (χ2n) is 13.1. The highest BCUT2D eigenvalue weighted by atomic mass is 19.4. The van der Waals surface area contributed by atoms with E-state index in [1.807, 2.05) is 0 Å². The van der Waals surface area contributed by atoms with Gasteiger partial charge in [0.05, 0.1) is 6.61 Å². The number of halogens is 3. The molecule has 0 aromatic heterocycles. The van der Waals surface area contributed by atoms with Crippen LogP contribution in [0.15, 0.2) is 23.2 Å². The topological polar surface area (TPSA) is 168 Å². The Balaban J connectivity index is 2.27. The van der Waals surface area contributed by atoms with Gasteiger partial charge in [-0.1, -0.05) is 6.07 Å². The molecule has 1 aromatic carbocycles. The molecule has 1 aliphatic rings. The van der Waals surface area contributed by atoms with Gasteiger partial charge in [-0.05, 0) is 84.6 Å². The maximum absolute atomic E-state index is 13.5. The minimum Gasteiger partial charge on any atom is -0.490 e. The standard InChI is InChI=1S/C32H48F3N5O9/c1-8-46-25(42)24(41)20-47-23-12-11-21-18-40(19-22(21)17-23)27(38-26(43)32(33,34)35)39(15-9-13-36-28(44)48-30(2,3)4)16-10-14-37-29(45)49-31(5,6)7/h11-12,17,24,41H,8-10,13-16,18-20H2,1-7H3,(H,36,44)(H,37,45)/t24-/m1/s1. The summed E-state index contributed by atoms with van der Waals surface area (Å²) in [6, 6.07) is 4.89. The highest BCUT2D eigenvalue weighted by molar-refractivity contribution is 5.96. The number of aliphatic hydroxyl groups excluding tert-OH is 1. The smallest absolute Gasteiger partial charge is 0.473 e. The second kappa shape index (κ2) is 17.9. The first-order chi connectivity index (χ1) is 22.7. The van der Waals surface area contributed by atoms with Crippen molar-refractivity contribution in [1.82, 2.24) is 20.4 Å². The number of amides is 3. The Morgan fingerprint density at radius 3 is 1.94 bits per heavy atom. The average molecular weight is 704 g/mol. The number of hydrogen-bond acceptors (Lipinski definition) is 9. The van der Waals surface area contributed by atoms with Gasteiger partial charge in [-0.2, -0.15) is 18.2 Å². The van der Waals surface area contributed by atoms with Crippen LogP contribution in [0.25, 0.3) is 0 Å². The summed E-state index contributed by atoms with van der Waals surface area (Å²) < 4.78 is 61.3. The van der Waals surface area contributed by atoms with Gasteiger partial charge in [0, 0.05) is 39.3 Å². The summed E-state index contributed by atoms with van der Waals surface area (Å²) in [7, 11) is 0. The van der Waals surface area contributed by atoms with E-state index >= 15 is 0 Å². The summed E-state index contributed by atoms with van der Waals surface area (Å²) >= 11 is 0. The molecule has 1 aromatic rings. The highest BCUT2D eigenvalue weighted by Crippen LogP contribution is 2.29. The molecule has 0 bridgehead atoms. The number of carbonyl (C=O) groups is 4. The van der Waals surface area contributed by atoms with Crippen molar-refractivity contribution < 1.29 is 56.4 Å². The van der Waals surface area contributed by atoms with Gasteiger partial charge in [0.2, 0.25) is 5.96 Å². The van der Waals surface area contributed by atoms with Gasteiger partial charge in [0.25, 0.3) is 0 Å². The number of aliphatic hydroxyl groups is 1. The molecule has 3 N–H and O–H groups in total. The number of esters is 1. The number of ether oxygens (including phenoxy) is 4. The van der Waals surface area contributed by atoms with E-state index in [9.17, 15) is 37.5 Å². The first kappa shape index (κ1) is 40.9. The van der Waals surface area contributed by atoms with E-state index in [0.717, 1.165) is 5.56 Å². The van der Waals surface area contributed by atoms with Crippen molar-refractivity contribution in [2.45, 2.75) is 97.9 Å². The van der Waals surface area contributed by atoms with Crippen LogP contribution >= 0.6 is 0 Å². The third-order valence-electron chi connectivity index (χ3n) is 6.42. The monoisotopic (exact) mass is 703 g/mol. The summed E-state index contributed by atoms with van der Waals surface area (Å²) in [4.78, 5) is 54.7. The minimum absolute atomic E-state index is 0.0553. The number of alkyl halides is 3. The molecule has 2 rings (SSSR count). The number of fused-ring (bicyclic) bond motifs is 1. The van der Waals surface area contributed by atoms with Crippen LogP contribution < -0.4 is 15.4 Å². The van der Waals surface area contributed by atoms with Crippen LogP contribution in [0.5, 0.6) is 5.75 Å². The molecule has 1 aliphatic heterocycles. The van der Waals surface area contributed by atoms with E-state index in [4.69, 9.17) is 18.9 Å². The normalized spacial score (nSPS) is 14.0. The molecule has 49 heavy (non-hydrogen) atoms. The second-order valence-corrected chi connectivity index (χ2v) is 13.1. The van der Waals surface area contributed by atoms with E-state index in [2.05, 4.69) is 15.6 Å². The molecule has 14 nitrogen and oxygen atoms in total. The Bertz CT molecular complexity index is 1290. The number of carbonyl (C=O) groups excluding carboxylic acids is 4. The number of nitrogens with one attached hydrogen (secondary N) is 2. The van der Waals surface area contributed by atoms with Crippen LogP contribution in [-0.2, 0) is 36.9 Å². The largest absolute Gasteiger partial charge is 0.490 e. The molecule has 0 fully saturated rings. The average Bonchev–Trinajstić information content (AvgIpc) is 3.38. The van der Waals surface area contributed by atoms with Crippen molar-refractivity contribution in [3.63, 3.8) is 0 Å². The van der Waals surface area contributed by atoms with Gasteiger partial charge in [-0.3, -0.25) is 4.79 Å². The first-order valence-electron chi connectivity index (χ1n) is 15.9. The van der Waals surface area contributed by atoms with Gasteiger partial charge < -0.3 is 44.5 Å². The maximum Gasteiger partial charge on any atom is 0.473 e. The van der Waals surface area contributed by atoms with Crippen molar-refractivity contribution >= 4 is 30.0 Å². The number of hydrogen-bond donors (Lipinski definition) is 3. The van der Waals surface area contributed by atoms with E-state index in [1.54, 1.807) is 66.7 Å². The molecule has 1 atom stereocenters. The van der Waals surface area contributed by atoms with Crippen molar-refractivity contribution in [2.24, 2.45) is 4.99 Å². The summed E-state index contributed by atoms with van der Waals surface area (Å²) in [6.45, 7) is 12.1. The van der Waals surface area contributed by atoms with Crippen LogP contribution in [0.3, 0.4) is 0 Å². The molecule has 276 valence electrons. The van der Waals surface area contributed by atoms with Crippen molar-refractivity contribution in [1.29, 1.82) is 0 Å². The summed E-state index contributed by atoms with van der Waals surface area (Å²) in [5.74, 6) is -3.08. The van der Waals surface area contributed by atoms with Crippen molar-refractivity contribution in [3.05, 3.63) is 29.3 Å². The number of alkyl carbamates (subject to hydrolysis) is 2. The molecule has 17 heteroatoms. The Labute approximate surface area is 284 Å². The van der Waals surface area contributed by atoms with Crippen LogP contribution in [0, 0.1) is 0 Å². The van der Waals surface area contributed by atoms with Crippen molar-refractivity contribution in [2.75, 3.05) is 39.4 Å². The molecule has 0 radical (unpaired) electrons. The lowest BCUT2D eigenvalue weighted by atomic mass is 10.1. The number of nitrogens with zero attached hydrogens (tertiary/aromatic N) is 3. The van der Waals surface area contributed by atoms with E-state index < -0.39 is 47.5 Å². The molecular weight excluding hydrogens is 655 g/mol.